The minimum Gasteiger partial charge on any atom is -0.475 e. The van der Waals surface area contributed by atoms with Crippen LogP contribution in [0.1, 0.15) is 19.3 Å². The number of likely N-dealkylation sites (tertiary alicyclic amines) is 1. The number of amides is 2. The number of hydrogen-bond donors (Lipinski definition) is 3. The molecule has 4 N–H and O–H groups in total. The van der Waals surface area contributed by atoms with Crippen molar-refractivity contribution in [3.05, 3.63) is 0 Å². The summed E-state index contributed by atoms with van der Waals surface area (Å²) in [5.74, 6) is -3.89. The van der Waals surface area contributed by atoms with Gasteiger partial charge in [-0.05, 0) is 25.8 Å². The molecule has 1 rings (SSSR count). The van der Waals surface area contributed by atoms with E-state index in [1.807, 2.05) is 4.90 Å². The van der Waals surface area contributed by atoms with Crippen LogP contribution >= 0.6 is 11.6 Å². The highest BCUT2D eigenvalue weighted by molar-refractivity contribution is 6.29. The van der Waals surface area contributed by atoms with Gasteiger partial charge in [-0.3, -0.25) is 14.5 Å². The topological polar surface area (TPSA) is 113 Å². The van der Waals surface area contributed by atoms with E-state index in [-0.39, 0.29) is 11.9 Å². The van der Waals surface area contributed by atoms with Gasteiger partial charge in [0.1, 0.15) is 0 Å². The molecule has 0 saturated carbocycles. The molecule has 12 heteroatoms. The van der Waals surface area contributed by atoms with Crippen molar-refractivity contribution in [2.24, 2.45) is 5.73 Å². The SMILES string of the molecule is NC(=O)[C@@H]1CCCN1CCCNC(=O)C(F)Cl.O=C(O)C(F)(F)F. The zero-order valence-electron chi connectivity index (χ0n) is 12.5. The monoisotopic (exact) mass is 379 g/mol. The summed E-state index contributed by atoms with van der Waals surface area (Å²) < 4.78 is 44.0. The quantitative estimate of drug-likeness (QED) is 0.355. The van der Waals surface area contributed by atoms with E-state index in [0.29, 0.717) is 19.5 Å². The number of nitrogens with one attached hydrogen (secondary N) is 1. The number of rotatable bonds is 6. The maximum Gasteiger partial charge on any atom is 0.490 e. The minimum absolute atomic E-state index is 0.201. The highest BCUT2D eigenvalue weighted by atomic mass is 35.5. The molecular weight excluding hydrogens is 362 g/mol. The molecule has 0 radical (unpaired) electrons. The Kier molecular flexibility index (Phi) is 9.59. The number of aliphatic carboxylic acids is 1. The third-order valence-electron chi connectivity index (χ3n) is 3.05. The average molecular weight is 380 g/mol. The molecule has 1 saturated heterocycles. The van der Waals surface area contributed by atoms with Crippen molar-refractivity contribution in [3.63, 3.8) is 0 Å². The Bertz CT molecular complexity index is 449. The summed E-state index contributed by atoms with van der Waals surface area (Å²) in [7, 11) is 0. The maximum absolute atomic E-state index is 12.3. The summed E-state index contributed by atoms with van der Waals surface area (Å²) in [6.07, 6.45) is -2.71. The number of primary amides is 1. The molecule has 0 spiro atoms. The van der Waals surface area contributed by atoms with Gasteiger partial charge in [0.2, 0.25) is 5.91 Å². The summed E-state index contributed by atoms with van der Waals surface area (Å²) in [6.45, 7) is 1.84. The molecule has 1 unspecified atom stereocenters. The van der Waals surface area contributed by atoms with Crippen LogP contribution in [0.4, 0.5) is 17.6 Å². The first kappa shape index (κ1) is 22.4. The molecule has 1 aliphatic heterocycles. The number of carboxylic acids is 1. The number of nitrogens with zero attached hydrogens (tertiary/aromatic N) is 1. The van der Waals surface area contributed by atoms with Crippen molar-refractivity contribution < 1.29 is 37.1 Å². The molecule has 0 aromatic rings. The van der Waals surface area contributed by atoms with Gasteiger partial charge in [0.25, 0.3) is 11.5 Å². The van der Waals surface area contributed by atoms with E-state index in [1.54, 1.807) is 0 Å². The first-order chi connectivity index (χ1) is 11.0. The Morgan fingerprint density at radius 3 is 2.33 bits per heavy atom. The Morgan fingerprint density at radius 2 is 1.92 bits per heavy atom. The first-order valence-corrected chi connectivity index (χ1v) is 7.29. The van der Waals surface area contributed by atoms with Crippen LogP contribution < -0.4 is 11.1 Å². The maximum atomic E-state index is 12.3. The fraction of sp³-hybridized carbons (Fsp3) is 0.750. The fourth-order valence-corrected chi connectivity index (χ4v) is 2.06. The van der Waals surface area contributed by atoms with E-state index >= 15 is 0 Å². The zero-order chi connectivity index (χ0) is 18.9. The average Bonchev–Trinajstić information content (AvgIpc) is 2.91. The fourth-order valence-electron chi connectivity index (χ4n) is 1.99. The van der Waals surface area contributed by atoms with E-state index in [0.717, 1.165) is 19.4 Å². The summed E-state index contributed by atoms with van der Waals surface area (Å²) in [5, 5.41) is 9.49. The summed E-state index contributed by atoms with van der Waals surface area (Å²) in [4.78, 5) is 32.8. The largest absolute Gasteiger partial charge is 0.490 e. The lowest BCUT2D eigenvalue weighted by Crippen LogP contribution is -2.41. The lowest BCUT2D eigenvalue weighted by Gasteiger charge is -2.21. The van der Waals surface area contributed by atoms with Gasteiger partial charge in [-0.25, -0.2) is 9.18 Å². The molecule has 0 aromatic carbocycles. The summed E-state index contributed by atoms with van der Waals surface area (Å²) >= 11 is 4.95. The number of hydrogen-bond acceptors (Lipinski definition) is 4. The van der Waals surface area contributed by atoms with Gasteiger partial charge in [0.15, 0.2) is 0 Å². The molecule has 1 heterocycles. The predicted octanol–water partition coefficient (Wildman–Crippen LogP) is 0.610. The Labute approximate surface area is 140 Å². The first-order valence-electron chi connectivity index (χ1n) is 6.86. The van der Waals surface area contributed by atoms with Gasteiger partial charge in [0, 0.05) is 13.1 Å². The van der Waals surface area contributed by atoms with Crippen molar-refractivity contribution in [1.29, 1.82) is 0 Å². The van der Waals surface area contributed by atoms with Crippen molar-refractivity contribution in [2.75, 3.05) is 19.6 Å². The van der Waals surface area contributed by atoms with Gasteiger partial charge < -0.3 is 16.2 Å². The summed E-state index contributed by atoms with van der Waals surface area (Å²) in [6, 6.07) is -0.201. The standard InChI is InChI=1S/C10H17ClFN3O2.C2HF3O2/c11-8(12)10(17)14-4-2-6-15-5-1-3-7(15)9(13)16;3-2(4,5)1(6)7/h7-8H,1-6H2,(H2,13,16)(H,14,17);(H,6,7)/t7-,8?;/m0./s1. The van der Waals surface area contributed by atoms with Gasteiger partial charge in [0.05, 0.1) is 6.04 Å². The molecule has 2 amide bonds. The van der Waals surface area contributed by atoms with Crippen molar-refractivity contribution in [3.8, 4) is 0 Å². The summed E-state index contributed by atoms with van der Waals surface area (Å²) in [5.41, 5.74) is 3.26. The molecule has 24 heavy (non-hydrogen) atoms. The molecular formula is C12H18ClF4N3O4. The highest BCUT2D eigenvalue weighted by Gasteiger charge is 2.38. The van der Waals surface area contributed by atoms with Gasteiger partial charge >= 0.3 is 12.1 Å². The number of carboxylic acid groups (broad SMARTS) is 1. The van der Waals surface area contributed by atoms with Gasteiger partial charge in [-0.1, -0.05) is 11.6 Å². The van der Waals surface area contributed by atoms with Crippen LogP contribution in [0.5, 0.6) is 0 Å². The molecule has 140 valence electrons. The number of alkyl halides is 5. The minimum atomic E-state index is -5.08. The highest BCUT2D eigenvalue weighted by Crippen LogP contribution is 2.16. The smallest absolute Gasteiger partial charge is 0.475 e. The van der Waals surface area contributed by atoms with Gasteiger partial charge in [-0.15, -0.1) is 0 Å². The number of carbonyl (C=O) groups is 3. The van der Waals surface area contributed by atoms with Crippen LogP contribution in [-0.2, 0) is 14.4 Å². The van der Waals surface area contributed by atoms with E-state index in [2.05, 4.69) is 5.32 Å². The third-order valence-corrected chi connectivity index (χ3v) is 3.25. The Balaban J connectivity index is 0.000000640. The Morgan fingerprint density at radius 1 is 1.38 bits per heavy atom. The van der Waals surface area contributed by atoms with E-state index in [1.165, 1.54) is 0 Å². The van der Waals surface area contributed by atoms with Crippen molar-refractivity contribution in [1.82, 2.24) is 10.2 Å². The van der Waals surface area contributed by atoms with Crippen LogP contribution in [0.2, 0.25) is 0 Å². The third kappa shape index (κ3) is 8.87. The second-order valence-corrected chi connectivity index (χ2v) is 5.23. The molecule has 0 aliphatic carbocycles. The number of carbonyl (C=O) groups excluding carboxylic acids is 2. The lowest BCUT2D eigenvalue weighted by atomic mass is 10.2. The Hall–Kier alpha value is -1.62. The van der Waals surface area contributed by atoms with Crippen molar-refractivity contribution in [2.45, 2.75) is 37.1 Å². The molecule has 1 aliphatic rings. The van der Waals surface area contributed by atoms with E-state index in [4.69, 9.17) is 27.2 Å². The van der Waals surface area contributed by atoms with Crippen LogP contribution in [0.25, 0.3) is 0 Å². The van der Waals surface area contributed by atoms with Crippen LogP contribution in [0.15, 0.2) is 0 Å². The van der Waals surface area contributed by atoms with Crippen LogP contribution in [-0.4, -0.2) is 65.3 Å². The number of nitrogens with two attached hydrogens (primary N) is 1. The molecule has 1 fully saturated rings. The lowest BCUT2D eigenvalue weighted by molar-refractivity contribution is -0.192. The van der Waals surface area contributed by atoms with Crippen molar-refractivity contribution >= 4 is 29.4 Å². The second kappa shape index (κ2) is 10.3. The molecule has 2 atom stereocenters. The second-order valence-electron chi connectivity index (χ2n) is 4.84. The zero-order valence-corrected chi connectivity index (χ0v) is 13.2. The van der Waals surface area contributed by atoms with Crippen LogP contribution in [0, 0.1) is 0 Å². The van der Waals surface area contributed by atoms with Crippen LogP contribution in [0.3, 0.4) is 0 Å². The normalized spacial score (nSPS) is 19.1. The van der Waals surface area contributed by atoms with Gasteiger partial charge in [-0.2, -0.15) is 13.2 Å². The predicted molar refractivity (Wildman–Crippen MR) is 75.9 cm³/mol. The molecule has 0 aromatic heterocycles. The molecule has 7 nitrogen and oxygen atoms in total. The molecule has 0 bridgehead atoms. The number of halogens is 5. The van der Waals surface area contributed by atoms with E-state index in [9.17, 15) is 27.2 Å². The van der Waals surface area contributed by atoms with E-state index < -0.39 is 23.7 Å².